The van der Waals surface area contributed by atoms with Crippen LogP contribution in [-0.2, 0) is 14.6 Å². The molecule has 0 aliphatic carbocycles. The van der Waals surface area contributed by atoms with E-state index in [1.807, 2.05) is 44.2 Å². The lowest BCUT2D eigenvalue weighted by molar-refractivity contribution is 0.111. The number of rotatable bonds is 9. The molecule has 8 heteroatoms. The first-order valence-corrected chi connectivity index (χ1v) is 10.2. The number of nitrogens with one attached hydrogen (secondary N) is 2. The van der Waals surface area contributed by atoms with Crippen molar-refractivity contribution in [3.05, 3.63) is 35.9 Å². The largest absolute Gasteiger partial charge is 0.375 e. The van der Waals surface area contributed by atoms with Crippen LogP contribution in [0.2, 0.25) is 0 Å². The summed E-state index contributed by atoms with van der Waals surface area (Å²) in [5, 5.41) is 6.42. The predicted molar refractivity (Wildman–Crippen MR) is 115 cm³/mol. The highest BCUT2D eigenvalue weighted by Crippen LogP contribution is 2.16. The van der Waals surface area contributed by atoms with Crippen LogP contribution in [-0.4, -0.2) is 52.6 Å². The molecule has 0 amide bonds. The maximum atomic E-state index is 11.3. The molecule has 0 aliphatic rings. The third-order valence-electron chi connectivity index (χ3n) is 3.52. The molecule has 1 aromatic rings. The van der Waals surface area contributed by atoms with Gasteiger partial charge in [0.25, 0.3) is 0 Å². The van der Waals surface area contributed by atoms with Crippen LogP contribution in [0, 0.1) is 0 Å². The van der Waals surface area contributed by atoms with E-state index in [4.69, 9.17) is 4.74 Å². The summed E-state index contributed by atoms with van der Waals surface area (Å²) in [5.41, 5.74) is 1.07. The van der Waals surface area contributed by atoms with Crippen LogP contribution in [0.3, 0.4) is 0 Å². The van der Waals surface area contributed by atoms with E-state index in [2.05, 4.69) is 15.6 Å². The smallest absolute Gasteiger partial charge is 0.191 e. The molecule has 25 heavy (non-hydrogen) atoms. The zero-order valence-corrected chi connectivity index (χ0v) is 18.5. The number of hydrogen-bond acceptors (Lipinski definition) is 4. The van der Waals surface area contributed by atoms with Gasteiger partial charge in [-0.3, -0.25) is 4.99 Å². The van der Waals surface area contributed by atoms with Gasteiger partial charge in [-0.25, -0.2) is 8.42 Å². The van der Waals surface area contributed by atoms with Gasteiger partial charge in [-0.05, 0) is 25.8 Å². The minimum Gasteiger partial charge on any atom is -0.375 e. The zero-order chi connectivity index (χ0) is 18.0. The van der Waals surface area contributed by atoms with E-state index in [0.29, 0.717) is 18.9 Å². The van der Waals surface area contributed by atoms with E-state index in [0.717, 1.165) is 12.1 Å². The third kappa shape index (κ3) is 10.7. The molecule has 0 spiro atoms. The van der Waals surface area contributed by atoms with E-state index in [9.17, 15) is 8.42 Å². The quantitative estimate of drug-likeness (QED) is 0.320. The van der Waals surface area contributed by atoms with E-state index in [-0.39, 0.29) is 41.9 Å². The van der Waals surface area contributed by atoms with E-state index in [1.54, 1.807) is 7.11 Å². The highest BCUT2D eigenvalue weighted by molar-refractivity contribution is 14.0. The molecule has 2 N–H and O–H groups in total. The Bertz CT molecular complexity index is 609. The third-order valence-corrected chi connectivity index (χ3v) is 4.50. The average molecular weight is 483 g/mol. The molecule has 144 valence electrons. The highest BCUT2D eigenvalue weighted by atomic mass is 127. The molecular weight excluding hydrogens is 453 g/mol. The molecule has 0 heterocycles. The van der Waals surface area contributed by atoms with E-state index in [1.165, 1.54) is 6.26 Å². The van der Waals surface area contributed by atoms with Gasteiger partial charge in [-0.15, -0.1) is 24.0 Å². The fraction of sp³-hybridized carbons (Fsp3) is 0.588. The first-order valence-electron chi connectivity index (χ1n) is 8.16. The van der Waals surface area contributed by atoms with Gasteiger partial charge in [0, 0.05) is 26.0 Å². The van der Waals surface area contributed by atoms with Crippen LogP contribution >= 0.6 is 24.0 Å². The van der Waals surface area contributed by atoms with Gasteiger partial charge in [-0.1, -0.05) is 30.3 Å². The van der Waals surface area contributed by atoms with E-state index < -0.39 is 9.84 Å². The highest BCUT2D eigenvalue weighted by Gasteiger charge is 2.12. The molecule has 2 unspecified atom stereocenters. The van der Waals surface area contributed by atoms with Crippen LogP contribution in [0.25, 0.3) is 0 Å². The van der Waals surface area contributed by atoms with Crippen molar-refractivity contribution in [1.29, 1.82) is 0 Å². The molecule has 1 rings (SSSR count). The molecule has 6 nitrogen and oxygen atoms in total. The Kier molecular flexibility index (Phi) is 12.0. The second-order valence-electron chi connectivity index (χ2n) is 5.82. The number of sulfone groups is 1. The first kappa shape index (κ1) is 24.1. The van der Waals surface area contributed by atoms with Gasteiger partial charge in [0.05, 0.1) is 12.3 Å². The molecule has 0 aliphatic heterocycles. The Morgan fingerprint density at radius 1 is 1.28 bits per heavy atom. The summed E-state index contributed by atoms with van der Waals surface area (Å²) in [4.78, 5) is 4.57. The van der Waals surface area contributed by atoms with Crippen molar-refractivity contribution in [3.8, 4) is 0 Å². The zero-order valence-electron chi connectivity index (χ0n) is 15.4. The first-order chi connectivity index (χ1) is 11.4. The number of hydrogen-bond donors (Lipinski definition) is 2. The summed E-state index contributed by atoms with van der Waals surface area (Å²) in [5.74, 6) is 0.821. The van der Waals surface area contributed by atoms with Crippen molar-refractivity contribution in [3.63, 3.8) is 0 Å². The number of aliphatic imine (C=N–C) groups is 1. The molecule has 0 bridgehead atoms. The Morgan fingerprint density at radius 3 is 2.44 bits per heavy atom. The number of nitrogens with zero attached hydrogens (tertiary/aromatic N) is 1. The van der Waals surface area contributed by atoms with Crippen LogP contribution in [0.15, 0.2) is 35.3 Å². The van der Waals surface area contributed by atoms with Crippen molar-refractivity contribution >= 4 is 39.8 Å². The molecule has 0 saturated heterocycles. The van der Waals surface area contributed by atoms with Crippen molar-refractivity contribution in [2.75, 3.05) is 32.2 Å². The summed E-state index contributed by atoms with van der Waals surface area (Å²) in [6, 6.07) is 9.95. The number of ether oxygens (including phenoxy) is 1. The summed E-state index contributed by atoms with van der Waals surface area (Å²) in [7, 11) is -1.28. The number of halogens is 1. The summed E-state index contributed by atoms with van der Waals surface area (Å²) in [6.07, 6.45) is 1.67. The fourth-order valence-electron chi connectivity index (χ4n) is 2.17. The maximum Gasteiger partial charge on any atom is 0.191 e. The van der Waals surface area contributed by atoms with Crippen LogP contribution in [0.5, 0.6) is 0 Å². The SMILES string of the molecule is CCNC(=NCC(OC)c1ccccc1)NC(C)CCS(C)(=O)=O.I. The van der Waals surface area contributed by atoms with Gasteiger partial charge >= 0.3 is 0 Å². The number of methoxy groups -OCH3 is 1. The van der Waals surface area contributed by atoms with Gasteiger partial charge in [0.1, 0.15) is 15.9 Å². The summed E-state index contributed by atoms with van der Waals surface area (Å²) < 4.78 is 28.1. The Morgan fingerprint density at radius 2 is 1.92 bits per heavy atom. The van der Waals surface area contributed by atoms with Gasteiger partial charge in [0.15, 0.2) is 5.96 Å². The van der Waals surface area contributed by atoms with Gasteiger partial charge < -0.3 is 15.4 Å². The topological polar surface area (TPSA) is 79.8 Å². The standard InChI is InChI=1S/C17H29N3O3S.HI/c1-5-18-17(20-14(2)11-12-24(4,21)22)19-13-16(23-3)15-9-7-6-8-10-15;/h6-10,14,16H,5,11-13H2,1-4H3,(H2,18,19,20);1H. The molecule has 0 radical (unpaired) electrons. The normalized spacial score (nSPS) is 14.3. The predicted octanol–water partition coefficient (Wildman–Crippen LogP) is 2.37. The number of guanidine groups is 1. The van der Waals surface area contributed by atoms with Crippen molar-refractivity contribution in [2.24, 2.45) is 4.99 Å². The van der Waals surface area contributed by atoms with Crippen LogP contribution in [0.1, 0.15) is 31.9 Å². The minimum atomic E-state index is -2.95. The van der Waals surface area contributed by atoms with E-state index >= 15 is 0 Å². The second-order valence-corrected chi connectivity index (χ2v) is 8.08. The lowest BCUT2D eigenvalue weighted by atomic mass is 10.1. The van der Waals surface area contributed by atoms with Crippen molar-refractivity contribution in [2.45, 2.75) is 32.4 Å². The van der Waals surface area contributed by atoms with Crippen molar-refractivity contribution in [1.82, 2.24) is 10.6 Å². The molecular formula is C17H30IN3O3S. The monoisotopic (exact) mass is 483 g/mol. The molecule has 0 aromatic heterocycles. The molecule has 1 aromatic carbocycles. The van der Waals surface area contributed by atoms with Crippen molar-refractivity contribution < 1.29 is 13.2 Å². The Hall–Kier alpha value is -0.870. The molecule has 2 atom stereocenters. The Balaban J connectivity index is 0.00000576. The summed E-state index contributed by atoms with van der Waals surface area (Å²) in [6.45, 7) is 5.15. The maximum absolute atomic E-state index is 11.3. The molecule has 0 fully saturated rings. The molecule has 0 saturated carbocycles. The van der Waals surface area contributed by atoms with Gasteiger partial charge in [0.2, 0.25) is 0 Å². The lowest BCUT2D eigenvalue weighted by Gasteiger charge is -2.19. The average Bonchev–Trinajstić information content (AvgIpc) is 2.54. The minimum absolute atomic E-state index is 0. The fourth-order valence-corrected chi connectivity index (χ4v) is 2.96. The van der Waals surface area contributed by atoms with Crippen LogP contribution in [0.4, 0.5) is 0 Å². The number of benzene rings is 1. The summed E-state index contributed by atoms with van der Waals surface area (Å²) >= 11 is 0. The lowest BCUT2D eigenvalue weighted by Crippen LogP contribution is -2.43. The second kappa shape index (κ2) is 12.5. The van der Waals surface area contributed by atoms with Crippen LogP contribution < -0.4 is 10.6 Å². The Labute approximate surface area is 168 Å². The van der Waals surface area contributed by atoms with Gasteiger partial charge in [-0.2, -0.15) is 0 Å².